The number of ether oxygens (including phenoxy) is 1. The SMILES string of the molecule is Cc1cccc(C)c1OCC(=O)Nc1cc(Cl)c(Cl)cc1Cl. The van der Waals surface area contributed by atoms with Gasteiger partial charge in [0, 0.05) is 0 Å². The molecule has 0 aliphatic carbocycles. The van der Waals surface area contributed by atoms with Crippen molar-refractivity contribution in [2.24, 2.45) is 0 Å². The summed E-state index contributed by atoms with van der Waals surface area (Å²) in [7, 11) is 0. The first-order valence-corrected chi connectivity index (χ1v) is 7.65. The predicted octanol–water partition coefficient (Wildman–Crippen LogP) is 5.28. The summed E-state index contributed by atoms with van der Waals surface area (Å²) >= 11 is 17.8. The van der Waals surface area contributed by atoms with Crippen LogP contribution in [0.1, 0.15) is 11.1 Å². The number of carbonyl (C=O) groups excluding carboxylic acids is 1. The van der Waals surface area contributed by atoms with Gasteiger partial charge in [0.05, 0.1) is 20.8 Å². The first-order valence-electron chi connectivity index (χ1n) is 6.52. The molecule has 0 heterocycles. The highest BCUT2D eigenvalue weighted by atomic mass is 35.5. The monoisotopic (exact) mass is 357 g/mol. The number of nitrogens with one attached hydrogen (secondary N) is 1. The average Bonchev–Trinajstić information content (AvgIpc) is 2.44. The molecule has 0 unspecified atom stereocenters. The van der Waals surface area contributed by atoms with E-state index in [1.165, 1.54) is 12.1 Å². The van der Waals surface area contributed by atoms with E-state index in [0.717, 1.165) is 11.1 Å². The third kappa shape index (κ3) is 4.07. The zero-order valence-corrected chi connectivity index (χ0v) is 14.3. The minimum absolute atomic E-state index is 0.123. The normalized spacial score (nSPS) is 10.4. The van der Waals surface area contributed by atoms with Crippen molar-refractivity contribution < 1.29 is 9.53 Å². The smallest absolute Gasteiger partial charge is 0.262 e. The Kier molecular flexibility index (Phi) is 5.57. The molecule has 0 aliphatic heterocycles. The van der Waals surface area contributed by atoms with E-state index in [-0.39, 0.29) is 12.5 Å². The minimum Gasteiger partial charge on any atom is -0.483 e. The number of para-hydroxylation sites is 1. The molecule has 0 bridgehead atoms. The molecule has 0 fully saturated rings. The van der Waals surface area contributed by atoms with Crippen LogP contribution in [-0.4, -0.2) is 12.5 Å². The Morgan fingerprint density at radius 2 is 1.64 bits per heavy atom. The van der Waals surface area contributed by atoms with Crippen molar-refractivity contribution in [1.29, 1.82) is 0 Å². The number of hydrogen-bond acceptors (Lipinski definition) is 2. The Hall–Kier alpha value is -1.42. The number of rotatable bonds is 4. The van der Waals surface area contributed by atoms with E-state index in [4.69, 9.17) is 39.5 Å². The van der Waals surface area contributed by atoms with Gasteiger partial charge in [-0.15, -0.1) is 0 Å². The molecule has 0 aliphatic rings. The standard InChI is InChI=1S/C16H14Cl3NO2/c1-9-4-3-5-10(2)16(9)22-8-15(21)20-14-7-12(18)11(17)6-13(14)19/h3-7H,8H2,1-2H3,(H,20,21). The average molecular weight is 359 g/mol. The largest absolute Gasteiger partial charge is 0.483 e. The van der Waals surface area contributed by atoms with Gasteiger partial charge >= 0.3 is 0 Å². The zero-order chi connectivity index (χ0) is 16.3. The van der Waals surface area contributed by atoms with Crippen molar-refractivity contribution >= 4 is 46.4 Å². The molecule has 0 saturated heterocycles. The van der Waals surface area contributed by atoms with Crippen LogP contribution in [0.5, 0.6) is 5.75 Å². The Morgan fingerprint density at radius 1 is 1.05 bits per heavy atom. The Balaban J connectivity index is 2.04. The summed E-state index contributed by atoms with van der Waals surface area (Å²) in [6, 6.07) is 8.77. The molecule has 116 valence electrons. The van der Waals surface area contributed by atoms with Crippen LogP contribution >= 0.6 is 34.8 Å². The summed E-state index contributed by atoms with van der Waals surface area (Å²) in [5, 5.41) is 3.61. The molecule has 22 heavy (non-hydrogen) atoms. The number of benzene rings is 2. The van der Waals surface area contributed by atoms with Gasteiger partial charge in [0.2, 0.25) is 0 Å². The van der Waals surface area contributed by atoms with Crippen LogP contribution in [0.3, 0.4) is 0 Å². The lowest BCUT2D eigenvalue weighted by Gasteiger charge is -2.13. The zero-order valence-electron chi connectivity index (χ0n) is 12.0. The molecular formula is C16H14Cl3NO2. The molecule has 0 aromatic heterocycles. The lowest BCUT2D eigenvalue weighted by atomic mass is 10.1. The third-order valence-corrected chi connectivity index (χ3v) is 4.08. The number of hydrogen-bond donors (Lipinski definition) is 1. The summed E-state index contributed by atoms with van der Waals surface area (Å²) in [6.45, 7) is 3.73. The maximum Gasteiger partial charge on any atom is 0.262 e. The summed E-state index contributed by atoms with van der Waals surface area (Å²) in [5.41, 5.74) is 2.34. The van der Waals surface area contributed by atoms with Crippen LogP contribution in [0.15, 0.2) is 30.3 Å². The van der Waals surface area contributed by atoms with Gasteiger partial charge in [0.1, 0.15) is 5.75 Å². The number of anilines is 1. The van der Waals surface area contributed by atoms with Crippen molar-refractivity contribution in [2.75, 3.05) is 11.9 Å². The van der Waals surface area contributed by atoms with Gasteiger partial charge < -0.3 is 10.1 Å². The third-order valence-electron chi connectivity index (χ3n) is 3.04. The fourth-order valence-electron chi connectivity index (χ4n) is 1.97. The van der Waals surface area contributed by atoms with Crippen molar-refractivity contribution in [1.82, 2.24) is 0 Å². The highest BCUT2D eigenvalue weighted by molar-refractivity contribution is 6.44. The Labute approximate surface area is 144 Å². The highest BCUT2D eigenvalue weighted by Crippen LogP contribution is 2.32. The van der Waals surface area contributed by atoms with E-state index in [1.54, 1.807) is 0 Å². The first kappa shape index (κ1) is 16.9. The molecule has 0 radical (unpaired) electrons. The molecule has 2 rings (SSSR count). The predicted molar refractivity (Wildman–Crippen MR) is 91.5 cm³/mol. The number of amides is 1. The number of aryl methyl sites for hydroxylation is 2. The van der Waals surface area contributed by atoms with Gasteiger partial charge in [0.25, 0.3) is 5.91 Å². The van der Waals surface area contributed by atoms with E-state index in [2.05, 4.69) is 5.32 Å². The molecule has 3 nitrogen and oxygen atoms in total. The first-order chi connectivity index (χ1) is 10.4. The van der Waals surface area contributed by atoms with Crippen molar-refractivity contribution in [3.05, 3.63) is 56.5 Å². The number of halogens is 3. The summed E-state index contributed by atoms with van der Waals surface area (Å²) < 4.78 is 5.58. The molecular weight excluding hydrogens is 345 g/mol. The summed E-state index contributed by atoms with van der Waals surface area (Å²) in [4.78, 5) is 12.0. The van der Waals surface area contributed by atoms with Crippen LogP contribution in [0.25, 0.3) is 0 Å². The second kappa shape index (κ2) is 7.23. The second-order valence-corrected chi connectivity index (χ2v) is 6.03. The van der Waals surface area contributed by atoms with Gasteiger partial charge in [-0.05, 0) is 37.1 Å². The Bertz CT molecular complexity index is 697. The van der Waals surface area contributed by atoms with E-state index in [0.29, 0.717) is 26.5 Å². The van der Waals surface area contributed by atoms with Crippen molar-refractivity contribution in [2.45, 2.75) is 13.8 Å². The fraction of sp³-hybridized carbons (Fsp3) is 0.188. The van der Waals surface area contributed by atoms with E-state index >= 15 is 0 Å². The fourth-order valence-corrected chi connectivity index (χ4v) is 2.56. The highest BCUT2D eigenvalue weighted by Gasteiger charge is 2.11. The van der Waals surface area contributed by atoms with Gasteiger partial charge in [-0.3, -0.25) is 4.79 Å². The maximum atomic E-state index is 12.0. The lowest BCUT2D eigenvalue weighted by molar-refractivity contribution is -0.118. The van der Waals surface area contributed by atoms with Gasteiger partial charge in [-0.25, -0.2) is 0 Å². The van der Waals surface area contributed by atoms with Crippen molar-refractivity contribution in [3.8, 4) is 5.75 Å². The van der Waals surface area contributed by atoms with E-state index < -0.39 is 0 Å². The van der Waals surface area contributed by atoms with E-state index in [1.807, 2.05) is 32.0 Å². The molecule has 1 N–H and O–H groups in total. The molecule has 6 heteroatoms. The van der Waals surface area contributed by atoms with Gasteiger partial charge in [-0.2, -0.15) is 0 Å². The van der Waals surface area contributed by atoms with Crippen LogP contribution in [0.4, 0.5) is 5.69 Å². The van der Waals surface area contributed by atoms with Crippen LogP contribution < -0.4 is 10.1 Å². The summed E-state index contributed by atoms with van der Waals surface area (Å²) in [6.07, 6.45) is 0. The molecule has 0 spiro atoms. The van der Waals surface area contributed by atoms with Crippen molar-refractivity contribution in [3.63, 3.8) is 0 Å². The van der Waals surface area contributed by atoms with Gasteiger partial charge in [0.15, 0.2) is 6.61 Å². The molecule has 1 amide bonds. The molecule has 2 aromatic carbocycles. The number of carbonyl (C=O) groups is 1. The molecule has 0 atom stereocenters. The van der Waals surface area contributed by atoms with Crippen LogP contribution in [0.2, 0.25) is 15.1 Å². The topological polar surface area (TPSA) is 38.3 Å². The molecule has 0 saturated carbocycles. The maximum absolute atomic E-state index is 12.0. The minimum atomic E-state index is -0.331. The summed E-state index contributed by atoms with van der Waals surface area (Å²) in [5.74, 6) is 0.376. The quantitative estimate of drug-likeness (QED) is 0.755. The van der Waals surface area contributed by atoms with Gasteiger partial charge in [-0.1, -0.05) is 53.0 Å². The molecule has 2 aromatic rings. The lowest BCUT2D eigenvalue weighted by Crippen LogP contribution is -2.20. The van der Waals surface area contributed by atoms with Crippen LogP contribution in [-0.2, 0) is 4.79 Å². The Morgan fingerprint density at radius 3 is 2.27 bits per heavy atom. The second-order valence-electron chi connectivity index (χ2n) is 4.80. The van der Waals surface area contributed by atoms with Crippen LogP contribution in [0, 0.1) is 13.8 Å². The van der Waals surface area contributed by atoms with E-state index in [9.17, 15) is 4.79 Å².